The van der Waals surface area contributed by atoms with Crippen molar-refractivity contribution >= 4 is 0 Å². The van der Waals surface area contributed by atoms with Crippen molar-refractivity contribution in [1.82, 2.24) is 15.1 Å². The maximum atomic E-state index is 5.54. The van der Waals surface area contributed by atoms with E-state index in [9.17, 15) is 0 Å². The normalized spacial score (nSPS) is 12.7. The number of aromatic nitrogens is 3. The summed E-state index contributed by atoms with van der Waals surface area (Å²) in [5.41, 5.74) is 7.50. The van der Waals surface area contributed by atoms with E-state index < -0.39 is 0 Å². The molecule has 0 aromatic carbocycles. The smallest absolute Gasteiger partial charge is 0.231 e. The lowest BCUT2D eigenvalue weighted by Crippen LogP contribution is -2.08. The molecule has 0 saturated carbocycles. The fourth-order valence-corrected chi connectivity index (χ4v) is 1.34. The van der Waals surface area contributed by atoms with E-state index in [0.29, 0.717) is 18.3 Å². The molecular formula is C11H14N4O. The van der Waals surface area contributed by atoms with Gasteiger partial charge >= 0.3 is 0 Å². The summed E-state index contributed by atoms with van der Waals surface area (Å²) in [6.45, 7) is 4.43. The third-order valence-electron chi connectivity index (χ3n) is 2.50. The molecule has 0 aliphatic carbocycles. The molecule has 0 fully saturated rings. The van der Waals surface area contributed by atoms with E-state index in [1.165, 1.54) is 0 Å². The Morgan fingerprint density at radius 3 is 3.00 bits per heavy atom. The van der Waals surface area contributed by atoms with Gasteiger partial charge in [0.2, 0.25) is 11.7 Å². The Morgan fingerprint density at radius 1 is 1.50 bits per heavy atom. The van der Waals surface area contributed by atoms with Gasteiger partial charge in [-0.1, -0.05) is 12.1 Å². The number of aryl methyl sites for hydroxylation is 1. The predicted molar refractivity (Wildman–Crippen MR) is 59.7 cm³/mol. The summed E-state index contributed by atoms with van der Waals surface area (Å²) in [7, 11) is 0. The molecule has 2 N–H and O–H groups in total. The lowest BCUT2D eigenvalue weighted by atomic mass is 10.1. The van der Waals surface area contributed by atoms with Gasteiger partial charge in [-0.25, -0.2) is 0 Å². The maximum absolute atomic E-state index is 5.54. The molecule has 0 amide bonds. The zero-order valence-corrected chi connectivity index (χ0v) is 9.34. The Morgan fingerprint density at radius 2 is 2.31 bits per heavy atom. The first-order chi connectivity index (χ1) is 7.72. The third-order valence-corrected chi connectivity index (χ3v) is 2.50. The fraction of sp³-hybridized carbons (Fsp3) is 0.364. The highest BCUT2D eigenvalue weighted by atomic mass is 16.5. The minimum atomic E-state index is 0.0817. The number of hydrogen-bond donors (Lipinski definition) is 1. The van der Waals surface area contributed by atoms with Gasteiger partial charge in [0.15, 0.2) is 0 Å². The highest BCUT2D eigenvalue weighted by molar-refractivity contribution is 5.57. The molecule has 2 aromatic heterocycles. The standard InChI is InChI=1S/C11H14N4O/c1-7-3-4-13-6-9(7)10-14-11(16-15-10)8(2)5-12/h3-4,6,8H,5,12H2,1-2H3. The number of hydrogen-bond acceptors (Lipinski definition) is 5. The topological polar surface area (TPSA) is 77.8 Å². The highest BCUT2D eigenvalue weighted by Gasteiger charge is 2.14. The first-order valence-electron chi connectivity index (χ1n) is 5.17. The van der Waals surface area contributed by atoms with E-state index in [1.54, 1.807) is 12.4 Å². The molecule has 16 heavy (non-hydrogen) atoms. The number of rotatable bonds is 3. The average molecular weight is 218 g/mol. The van der Waals surface area contributed by atoms with Crippen molar-refractivity contribution in [2.45, 2.75) is 19.8 Å². The van der Waals surface area contributed by atoms with Crippen molar-refractivity contribution in [3.05, 3.63) is 29.9 Å². The number of nitrogens with zero attached hydrogens (tertiary/aromatic N) is 3. The van der Waals surface area contributed by atoms with E-state index in [1.807, 2.05) is 19.9 Å². The van der Waals surface area contributed by atoms with Crippen LogP contribution in [0.5, 0.6) is 0 Å². The minimum absolute atomic E-state index is 0.0817. The van der Waals surface area contributed by atoms with Crippen molar-refractivity contribution in [2.75, 3.05) is 6.54 Å². The molecule has 0 saturated heterocycles. The van der Waals surface area contributed by atoms with Crippen molar-refractivity contribution in [2.24, 2.45) is 5.73 Å². The van der Waals surface area contributed by atoms with Crippen LogP contribution in [0.2, 0.25) is 0 Å². The van der Waals surface area contributed by atoms with Gasteiger partial charge in [-0.3, -0.25) is 4.98 Å². The average Bonchev–Trinajstić information content (AvgIpc) is 2.78. The van der Waals surface area contributed by atoms with Crippen LogP contribution in [-0.2, 0) is 0 Å². The van der Waals surface area contributed by atoms with Crippen molar-refractivity contribution < 1.29 is 4.52 Å². The maximum Gasteiger partial charge on any atom is 0.231 e. The monoisotopic (exact) mass is 218 g/mol. The van der Waals surface area contributed by atoms with E-state index in [4.69, 9.17) is 10.3 Å². The van der Waals surface area contributed by atoms with Crippen LogP contribution in [0.1, 0.15) is 24.3 Å². The summed E-state index contributed by atoms with van der Waals surface area (Å²) in [5.74, 6) is 1.22. The summed E-state index contributed by atoms with van der Waals surface area (Å²) in [6, 6.07) is 1.91. The van der Waals surface area contributed by atoms with Gasteiger partial charge in [0.05, 0.1) is 0 Å². The molecule has 2 rings (SSSR count). The van der Waals surface area contributed by atoms with Gasteiger partial charge in [0.25, 0.3) is 0 Å². The molecular weight excluding hydrogens is 204 g/mol. The van der Waals surface area contributed by atoms with Crippen LogP contribution >= 0.6 is 0 Å². The Labute approximate surface area is 93.7 Å². The molecule has 0 aliphatic rings. The quantitative estimate of drug-likeness (QED) is 0.844. The molecule has 0 radical (unpaired) electrons. The SMILES string of the molecule is Cc1ccncc1-c1noc(C(C)CN)n1. The molecule has 5 heteroatoms. The second-order valence-corrected chi connectivity index (χ2v) is 3.78. The molecule has 1 unspecified atom stereocenters. The van der Waals surface area contributed by atoms with Crippen LogP contribution < -0.4 is 5.73 Å². The molecule has 84 valence electrons. The second-order valence-electron chi connectivity index (χ2n) is 3.78. The van der Waals surface area contributed by atoms with Crippen molar-refractivity contribution in [3.8, 4) is 11.4 Å². The molecule has 1 atom stereocenters. The van der Waals surface area contributed by atoms with E-state index in [-0.39, 0.29) is 5.92 Å². The van der Waals surface area contributed by atoms with Gasteiger partial charge < -0.3 is 10.3 Å². The molecule has 2 heterocycles. The third kappa shape index (κ3) is 1.94. The summed E-state index contributed by atoms with van der Waals surface area (Å²) >= 11 is 0. The van der Waals surface area contributed by atoms with E-state index in [0.717, 1.165) is 11.1 Å². The first kappa shape index (κ1) is 10.8. The summed E-state index contributed by atoms with van der Waals surface area (Å²) in [4.78, 5) is 8.36. The zero-order valence-electron chi connectivity index (χ0n) is 9.34. The van der Waals surface area contributed by atoms with Crippen LogP contribution in [0, 0.1) is 6.92 Å². The zero-order chi connectivity index (χ0) is 11.5. The van der Waals surface area contributed by atoms with Gasteiger partial charge in [-0.15, -0.1) is 0 Å². The van der Waals surface area contributed by atoms with Crippen LogP contribution in [-0.4, -0.2) is 21.7 Å². The second kappa shape index (κ2) is 4.40. The molecule has 0 aliphatic heterocycles. The van der Waals surface area contributed by atoms with Crippen LogP contribution in [0.4, 0.5) is 0 Å². The summed E-state index contributed by atoms with van der Waals surface area (Å²) < 4.78 is 5.16. The van der Waals surface area contributed by atoms with E-state index in [2.05, 4.69) is 15.1 Å². The van der Waals surface area contributed by atoms with Crippen molar-refractivity contribution in [1.29, 1.82) is 0 Å². The molecule has 0 bridgehead atoms. The Kier molecular flexibility index (Phi) is 2.96. The highest BCUT2D eigenvalue weighted by Crippen LogP contribution is 2.21. The van der Waals surface area contributed by atoms with Gasteiger partial charge in [0.1, 0.15) is 0 Å². The predicted octanol–water partition coefficient (Wildman–Crippen LogP) is 1.50. The first-order valence-corrected chi connectivity index (χ1v) is 5.17. The summed E-state index contributed by atoms with van der Waals surface area (Å²) in [6.07, 6.45) is 3.47. The Hall–Kier alpha value is -1.75. The molecule has 5 nitrogen and oxygen atoms in total. The van der Waals surface area contributed by atoms with Crippen molar-refractivity contribution in [3.63, 3.8) is 0 Å². The Balaban J connectivity index is 2.35. The molecule has 0 spiro atoms. The summed E-state index contributed by atoms with van der Waals surface area (Å²) in [5, 5.41) is 3.93. The van der Waals surface area contributed by atoms with Crippen LogP contribution in [0.15, 0.2) is 23.0 Å². The van der Waals surface area contributed by atoms with Crippen LogP contribution in [0.3, 0.4) is 0 Å². The van der Waals surface area contributed by atoms with Gasteiger partial charge in [-0.2, -0.15) is 4.98 Å². The lowest BCUT2D eigenvalue weighted by Gasteiger charge is -1.99. The van der Waals surface area contributed by atoms with Gasteiger partial charge in [-0.05, 0) is 18.6 Å². The van der Waals surface area contributed by atoms with Crippen LogP contribution in [0.25, 0.3) is 11.4 Å². The van der Waals surface area contributed by atoms with E-state index >= 15 is 0 Å². The minimum Gasteiger partial charge on any atom is -0.339 e. The molecule has 2 aromatic rings. The lowest BCUT2D eigenvalue weighted by molar-refractivity contribution is 0.361. The number of pyridine rings is 1. The Bertz CT molecular complexity index is 480. The number of nitrogens with two attached hydrogens (primary N) is 1. The largest absolute Gasteiger partial charge is 0.339 e. The van der Waals surface area contributed by atoms with Gasteiger partial charge in [0, 0.05) is 30.4 Å². The fourth-order valence-electron chi connectivity index (χ4n) is 1.34.